The van der Waals surface area contributed by atoms with Gasteiger partial charge >= 0.3 is 0 Å². The number of nitrogens with one attached hydrogen (secondary N) is 1. The van der Waals surface area contributed by atoms with Gasteiger partial charge in [-0.1, -0.05) is 24.3 Å². The minimum absolute atomic E-state index is 0.133. The van der Waals surface area contributed by atoms with Crippen molar-refractivity contribution in [2.75, 3.05) is 0 Å². The molecule has 0 fully saturated rings. The average molecular weight is 318 g/mol. The summed E-state index contributed by atoms with van der Waals surface area (Å²) in [6.07, 6.45) is 2.95. The first-order valence-corrected chi connectivity index (χ1v) is 7.54. The maximum absolute atomic E-state index is 11.5. The Labute approximate surface area is 124 Å². The summed E-state index contributed by atoms with van der Waals surface area (Å²) in [7, 11) is -4.58. The Morgan fingerprint density at radius 3 is 2.64 bits per heavy atom. The van der Waals surface area contributed by atoms with Crippen LogP contribution in [0.1, 0.15) is 0 Å². The Balaban J connectivity index is 2.28. The van der Waals surface area contributed by atoms with E-state index in [0.717, 1.165) is 0 Å². The second-order valence-corrected chi connectivity index (χ2v) is 5.77. The van der Waals surface area contributed by atoms with Crippen LogP contribution >= 0.6 is 0 Å². The number of benzene rings is 2. The van der Waals surface area contributed by atoms with Crippen LogP contribution in [0, 0.1) is 0 Å². The van der Waals surface area contributed by atoms with E-state index in [-0.39, 0.29) is 17.4 Å². The second-order valence-electron chi connectivity index (χ2n) is 4.38. The predicted octanol–water partition coefficient (Wildman–Crippen LogP) is 2.93. The van der Waals surface area contributed by atoms with Gasteiger partial charge in [-0.3, -0.25) is 4.55 Å². The molecule has 0 aliphatic heterocycles. The number of phenols is 1. The maximum atomic E-state index is 11.5. The predicted molar refractivity (Wildman–Crippen MR) is 78.2 cm³/mol. The van der Waals surface area contributed by atoms with Gasteiger partial charge in [0.2, 0.25) is 5.95 Å². The van der Waals surface area contributed by atoms with Crippen molar-refractivity contribution < 1.29 is 18.1 Å². The Morgan fingerprint density at radius 2 is 1.95 bits per heavy atom. The van der Waals surface area contributed by atoms with E-state index in [1.165, 1.54) is 18.5 Å². The van der Waals surface area contributed by atoms with Crippen LogP contribution in [-0.2, 0) is 10.1 Å². The van der Waals surface area contributed by atoms with Crippen LogP contribution < -0.4 is 0 Å². The van der Waals surface area contributed by atoms with E-state index in [1.54, 1.807) is 24.3 Å². The van der Waals surface area contributed by atoms with Crippen molar-refractivity contribution in [3.05, 3.63) is 42.7 Å². The summed E-state index contributed by atoms with van der Waals surface area (Å²) < 4.78 is 32.4. The van der Waals surface area contributed by atoms with Gasteiger partial charge in [-0.2, -0.15) is 8.42 Å². The van der Waals surface area contributed by atoms with Crippen molar-refractivity contribution in [3.8, 4) is 5.75 Å². The van der Waals surface area contributed by atoms with E-state index in [0.29, 0.717) is 10.8 Å². The van der Waals surface area contributed by atoms with Crippen molar-refractivity contribution in [2.24, 2.45) is 10.2 Å². The molecule has 3 aromatic rings. The fourth-order valence-corrected chi connectivity index (χ4v) is 2.65. The lowest BCUT2D eigenvalue weighted by Crippen LogP contribution is -1.99. The number of phenolic OH excluding ortho intramolecular Hbond substituents is 1. The Bertz CT molecular complexity index is 965. The molecule has 0 radical (unpaired) electrons. The molecular formula is C13H10N4O4S. The lowest BCUT2D eigenvalue weighted by Gasteiger charge is -2.08. The molecule has 22 heavy (non-hydrogen) atoms. The van der Waals surface area contributed by atoms with Crippen molar-refractivity contribution >= 4 is 32.5 Å². The molecule has 1 aromatic heterocycles. The van der Waals surface area contributed by atoms with Gasteiger partial charge in [0.1, 0.15) is 10.6 Å². The van der Waals surface area contributed by atoms with Crippen molar-refractivity contribution in [3.63, 3.8) is 0 Å². The van der Waals surface area contributed by atoms with Gasteiger partial charge in [0.05, 0.1) is 0 Å². The van der Waals surface area contributed by atoms with Crippen molar-refractivity contribution in [1.29, 1.82) is 0 Å². The van der Waals surface area contributed by atoms with Gasteiger partial charge in [-0.15, -0.1) is 10.2 Å². The third kappa shape index (κ3) is 2.54. The molecule has 0 spiro atoms. The van der Waals surface area contributed by atoms with Gasteiger partial charge < -0.3 is 10.1 Å². The molecule has 8 nitrogen and oxygen atoms in total. The number of aromatic amines is 1. The van der Waals surface area contributed by atoms with Crippen LogP contribution in [0.4, 0.5) is 11.6 Å². The third-order valence-corrected chi connectivity index (χ3v) is 3.83. The maximum Gasteiger partial charge on any atom is 0.296 e. The quantitative estimate of drug-likeness (QED) is 0.505. The highest BCUT2D eigenvalue weighted by atomic mass is 32.2. The number of aromatic nitrogens is 2. The van der Waals surface area contributed by atoms with Crippen LogP contribution in [0.15, 0.2) is 57.8 Å². The van der Waals surface area contributed by atoms with E-state index in [1.807, 2.05) is 0 Å². The summed E-state index contributed by atoms with van der Waals surface area (Å²) in [5.41, 5.74) is -0.349. The minimum Gasteiger partial charge on any atom is -0.505 e. The average Bonchev–Trinajstić information content (AvgIpc) is 2.98. The van der Waals surface area contributed by atoms with Gasteiger partial charge in [-0.25, -0.2) is 4.98 Å². The summed E-state index contributed by atoms with van der Waals surface area (Å²) >= 11 is 0. The van der Waals surface area contributed by atoms with Gasteiger partial charge in [0.15, 0.2) is 5.75 Å². The monoisotopic (exact) mass is 318 g/mol. The normalized spacial score (nSPS) is 12.2. The Kier molecular flexibility index (Phi) is 3.35. The second kappa shape index (κ2) is 5.20. The zero-order valence-electron chi connectivity index (χ0n) is 11.0. The topological polar surface area (TPSA) is 128 Å². The standard InChI is InChI=1S/C13H10N4O4S/c18-12-9-4-2-1-3-8(9)7-10(22(19,20)21)11(12)16-17-13-14-5-6-15-13/h1-7,18H,(H,14,15)(H,19,20,21). The van der Waals surface area contributed by atoms with Crippen LogP contribution in [0.5, 0.6) is 5.75 Å². The number of aromatic hydroxyl groups is 1. The van der Waals surface area contributed by atoms with E-state index < -0.39 is 15.0 Å². The highest BCUT2D eigenvalue weighted by Crippen LogP contribution is 2.40. The molecular weight excluding hydrogens is 308 g/mol. The molecule has 0 atom stereocenters. The number of azo groups is 1. The first-order valence-electron chi connectivity index (χ1n) is 6.10. The van der Waals surface area contributed by atoms with Gasteiger partial charge in [-0.05, 0) is 11.5 Å². The number of nitrogens with zero attached hydrogens (tertiary/aromatic N) is 3. The summed E-state index contributed by atoms with van der Waals surface area (Å²) in [6.45, 7) is 0. The van der Waals surface area contributed by atoms with E-state index in [9.17, 15) is 18.1 Å². The highest BCUT2D eigenvalue weighted by Gasteiger charge is 2.21. The molecule has 0 saturated carbocycles. The molecule has 0 unspecified atom stereocenters. The Morgan fingerprint density at radius 1 is 1.18 bits per heavy atom. The number of imidazole rings is 1. The fourth-order valence-electron chi connectivity index (χ4n) is 1.99. The van der Waals surface area contributed by atoms with Crippen LogP contribution in [0.3, 0.4) is 0 Å². The van der Waals surface area contributed by atoms with Crippen LogP contribution in [0.2, 0.25) is 0 Å². The number of rotatable bonds is 3. The number of hydrogen-bond acceptors (Lipinski definition) is 6. The van der Waals surface area contributed by atoms with Crippen molar-refractivity contribution in [1.82, 2.24) is 9.97 Å². The Hall–Kier alpha value is -2.78. The molecule has 0 aliphatic rings. The third-order valence-electron chi connectivity index (χ3n) is 2.97. The summed E-state index contributed by atoms with van der Waals surface area (Å²) in [5, 5.41) is 18.5. The molecule has 9 heteroatoms. The van der Waals surface area contributed by atoms with E-state index in [4.69, 9.17) is 0 Å². The zero-order chi connectivity index (χ0) is 15.7. The number of H-pyrrole nitrogens is 1. The fraction of sp³-hybridized carbons (Fsp3) is 0. The molecule has 3 rings (SSSR count). The van der Waals surface area contributed by atoms with Gasteiger partial charge in [0, 0.05) is 17.8 Å². The molecule has 1 heterocycles. The smallest absolute Gasteiger partial charge is 0.296 e. The summed E-state index contributed by atoms with van der Waals surface area (Å²) in [5.74, 6) is -0.255. The summed E-state index contributed by atoms with van der Waals surface area (Å²) in [6, 6.07) is 7.80. The van der Waals surface area contributed by atoms with Crippen LogP contribution in [-0.4, -0.2) is 28.0 Å². The first-order chi connectivity index (χ1) is 10.5. The molecule has 0 aliphatic carbocycles. The largest absolute Gasteiger partial charge is 0.505 e. The van der Waals surface area contributed by atoms with Crippen LogP contribution in [0.25, 0.3) is 10.8 Å². The molecule has 0 bridgehead atoms. The van der Waals surface area contributed by atoms with E-state index in [2.05, 4.69) is 20.2 Å². The molecule has 2 aromatic carbocycles. The van der Waals surface area contributed by atoms with E-state index >= 15 is 0 Å². The lowest BCUT2D eigenvalue weighted by molar-refractivity contribution is 0.472. The molecule has 3 N–H and O–H groups in total. The van der Waals surface area contributed by atoms with Crippen molar-refractivity contribution in [2.45, 2.75) is 4.90 Å². The van der Waals surface area contributed by atoms with Gasteiger partial charge in [0.25, 0.3) is 10.1 Å². The molecule has 0 saturated heterocycles. The first kappa shape index (κ1) is 14.2. The SMILES string of the molecule is O=S(=O)(O)c1cc2ccccc2c(O)c1N=Nc1ncc[nH]1. The molecule has 0 amide bonds. The minimum atomic E-state index is -4.58. The molecule has 112 valence electrons. The zero-order valence-corrected chi connectivity index (χ0v) is 11.8. The highest BCUT2D eigenvalue weighted by molar-refractivity contribution is 7.86. The lowest BCUT2D eigenvalue weighted by atomic mass is 10.1. The summed E-state index contributed by atoms with van der Waals surface area (Å²) in [4.78, 5) is 5.93. The number of fused-ring (bicyclic) bond motifs is 1. The number of hydrogen-bond donors (Lipinski definition) is 3.